The van der Waals surface area contributed by atoms with Crippen molar-refractivity contribution in [1.29, 1.82) is 0 Å². The molecule has 8 heteroatoms. The maximum absolute atomic E-state index is 13.3. The van der Waals surface area contributed by atoms with E-state index in [-0.39, 0.29) is 17.5 Å². The fourth-order valence-electron chi connectivity index (χ4n) is 3.34. The molecule has 24 heavy (non-hydrogen) atoms. The van der Waals surface area contributed by atoms with Crippen molar-refractivity contribution in [3.63, 3.8) is 0 Å². The van der Waals surface area contributed by atoms with Gasteiger partial charge in [-0.05, 0) is 30.9 Å². The number of hydrogen-bond donors (Lipinski definition) is 2. The number of anilines is 1. The van der Waals surface area contributed by atoms with E-state index in [0.717, 1.165) is 18.6 Å². The number of benzene rings is 1. The second-order valence-electron chi connectivity index (χ2n) is 6.07. The third-order valence-corrected chi connectivity index (χ3v) is 4.66. The van der Waals surface area contributed by atoms with Crippen molar-refractivity contribution in [3.8, 4) is 0 Å². The lowest BCUT2D eigenvalue weighted by atomic mass is 10.2. The highest BCUT2D eigenvalue weighted by molar-refractivity contribution is 5.99. The molecule has 2 fully saturated rings. The predicted octanol–water partition coefficient (Wildman–Crippen LogP) is 1.72. The van der Waals surface area contributed by atoms with Gasteiger partial charge in [0.1, 0.15) is 5.54 Å². The number of ether oxygens (including phenoxy) is 1. The normalized spacial score (nSPS) is 24.5. The molecule has 0 radical (unpaired) electrons. The summed E-state index contributed by atoms with van der Waals surface area (Å²) in [6, 6.07) is 2.66. The van der Waals surface area contributed by atoms with E-state index in [9.17, 15) is 18.4 Å². The summed E-state index contributed by atoms with van der Waals surface area (Å²) in [6.07, 6.45) is 1.37. The maximum atomic E-state index is 13.3. The number of methoxy groups -OCH3 is 1. The molecule has 0 aromatic heterocycles. The lowest BCUT2D eigenvalue weighted by Gasteiger charge is -2.27. The molecule has 1 heterocycles. The Kier molecular flexibility index (Phi) is 4.40. The molecule has 0 spiro atoms. The molecule has 1 saturated carbocycles. The lowest BCUT2D eigenvalue weighted by Crippen LogP contribution is -2.52. The Balaban J connectivity index is 1.68. The summed E-state index contributed by atoms with van der Waals surface area (Å²) in [5.41, 5.74) is -0.672. The molecule has 1 aromatic rings. The molecule has 1 aromatic carbocycles. The Morgan fingerprint density at radius 1 is 1.38 bits per heavy atom. The number of amides is 3. The monoisotopic (exact) mass is 339 g/mol. The second kappa shape index (κ2) is 6.35. The molecule has 2 aliphatic rings. The summed E-state index contributed by atoms with van der Waals surface area (Å²) in [5.74, 6) is -2.06. The fourth-order valence-corrected chi connectivity index (χ4v) is 3.34. The van der Waals surface area contributed by atoms with Crippen LogP contribution in [0.5, 0.6) is 0 Å². The smallest absolute Gasteiger partial charge is 0.322 e. The third kappa shape index (κ3) is 2.82. The zero-order valence-corrected chi connectivity index (χ0v) is 13.3. The van der Waals surface area contributed by atoms with Crippen LogP contribution in [0.15, 0.2) is 18.2 Å². The molecule has 130 valence electrons. The van der Waals surface area contributed by atoms with Crippen LogP contribution in [0.25, 0.3) is 0 Å². The molecule has 3 rings (SSSR count). The van der Waals surface area contributed by atoms with E-state index in [4.69, 9.17) is 4.74 Å². The quantitative estimate of drug-likeness (QED) is 0.803. The maximum Gasteiger partial charge on any atom is 0.322 e. The Bertz CT molecular complexity index is 670. The summed E-state index contributed by atoms with van der Waals surface area (Å²) in [7, 11) is 1.54. The van der Waals surface area contributed by atoms with Crippen molar-refractivity contribution >= 4 is 17.6 Å². The summed E-state index contributed by atoms with van der Waals surface area (Å²) < 4.78 is 31.1. The molecule has 0 bridgehead atoms. The number of rotatable bonds is 5. The highest BCUT2D eigenvalue weighted by atomic mass is 19.2. The first kappa shape index (κ1) is 16.6. The number of carbonyl (C=O) groups excluding carboxylic acids is 2. The van der Waals surface area contributed by atoms with Gasteiger partial charge in [0.15, 0.2) is 11.6 Å². The summed E-state index contributed by atoms with van der Waals surface area (Å²) >= 11 is 0. The predicted molar refractivity (Wildman–Crippen MR) is 82.4 cm³/mol. The highest BCUT2D eigenvalue weighted by Crippen LogP contribution is 2.55. The van der Waals surface area contributed by atoms with Crippen molar-refractivity contribution in [2.24, 2.45) is 5.92 Å². The molecule has 6 nitrogen and oxygen atoms in total. The van der Waals surface area contributed by atoms with Crippen LogP contribution < -0.4 is 10.6 Å². The zero-order valence-electron chi connectivity index (χ0n) is 13.3. The molecule has 1 aliphatic heterocycles. The van der Waals surface area contributed by atoms with Crippen molar-refractivity contribution in [3.05, 3.63) is 29.8 Å². The van der Waals surface area contributed by atoms with Gasteiger partial charge >= 0.3 is 6.03 Å². The number of likely N-dealkylation sites (tertiary alicyclic amines) is 1. The molecular formula is C16H19F2N3O3. The summed E-state index contributed by atoms with van der Waals surface area (Å²) in [6.45, 7) is 1.23. The first-order valence-corrected chi connectivity index (χ1v) is 7.80. The van der Waals surface area contributed by atoms with Gasteiger partial charge in [0.05, 0.1) is 6.61 Å². The number of urea groups is 1. The van der Waals surface area contributed by atoms with E-state index in [0.29, 0.717) is 26.1 Å². The number of hydrogen-bond acceptors (Lipinski definition) is 3. The Morgan fingerprint density at radius 3 is 2.83 bits per heavy atom. The van der Waals surface area contributed by atoms with Gasteiger partial charge in [-0.25, -0.2) is 13.6 Å². The molecule has 2 unspecified atom stereocenters. The van der Waals surface area contributed by atoms with Crippen LogP contribution in [0.3, 0.4) is 0 Å². The molecule has 3 amide bonds. The molecule has 2 N–H and O–H groups in total. The van der Waals surface area contributed by atoms with E-state index < -0.39 is 23.2 Å². The van der Waals surface area contributed by atoms with E-state index in [1.807, 2.05) is 0 Å². The van der Waals surface area contributed by atoms with Crippen LogP contribution in [-0.4, -0.2) is 49.2 Å². The Labute approximate surface area is 138 Å². The Hall–Kier alpha value is -2.22. The van der Waals surface area contributed by atoms with E-state index in [2.05, 4.69) is 10.6 Å². The van der Waals surface area contributed by atoms with Crippen LogP contribution >= 0.6 is 0 Å². The standard InChI is InChI=1S/C16H19F2N3O3/c1-24-7-5-19-14(22)16-9-10(16)4-6-21(16)15(23)20-11-2-3-12(17)13(18)8-11/h2-3,8,10H,4-7,9H2,1H3,(H,19,22)(H,20,23). The molecule has 1 aliphatic carbocycles. The largest absolute Gasteiger partial charge is 0.383 e. The minimum absolute atomic E-state index is 0.149. The minimum Gasteiger partial charge on any atom is -0.383 e. The average molecular weight is 339 g/mol. The topological polar surface area (TPSA) is 70.7 Å². The van der Waals surface area contributed by atoms with Crippen molar-refractivity contribution < 1.29 is 23.1 Å². The van der Waals surface area contributed by atoms with E-state index >= 15 is 0 Å². The fraction of sp³-hybridized carbons (Fsp3) is 0.500. The van der Waals surface area contributed by atoms with Gasteiger partial charge in [-0.1, -0.05) is 0 Å². The van der Waals surface area contributed by atoms with Gasteiger partial charge in [-0.3, -0.25) is 4.79 Å². The molecule has 2 atom stereocenters. The number of piperidine rings is 1. The van der Waals surface area contributed by atoms with E-state index in [1.165, 1.54) is 11.0 Å². The minimum atomic E-state index is -1.04. The van der Waals surface area contributed by atoms with E-state index in [1.54, 1.807) is 7.11 Å². The van der Waals surface area contributed by atoms with Crippen LogP contribution in [0.2, 0.25) is 0 Å². The van der Waals surface area contributed by atoms with Crippen molar-refractivity contribution in [2.45, 2.75) is 18.4 Å². The highest BCUT2D eigenvalue weighted by Gasteiger charge is 2.68. The van der Waals surface area contributed by atoms with Crippen molar-refractivity contribution in [2.75, 3.05) is 32.1 Å². The summed E-state index contributed by atoms with van der Waals surface area (Å²) in [5, 5.41) is 5.31. The number of nitrogens with one attached hydrogen (secondary N) is 2. The van der Waals surface area contributed by atoms with Gasteiger partial charge < -0.3 is 20.3 Å². The van der Waals surface area contributed by atoms with Gasteiger partial charge in [-0.2, -0.15) is 0 Å². The SMILES string of the molecule is COCCNC(=O)C12CC1CCN2C(=O)Nc1ccc(F)c(F)c1. The van der Waals surface area contributed by atoms with Crippen LogP contribution in [0, 0.1) is 17.6 Å². The van der Waals surface area contributed by atoms with Gasteiger partial charge in [0, 0.05) is 32.0 Å². The number of halogens is 2. The lowest BCUT2D eigenvalue weighted by molar-refractivity contribution is -0.126. The number of carbonyl (C=O) groups is 2. The van der Waals surface area contributed by atoms with Crippen molar-refractivity contribution in [1.82, 2.24) is 10.2 Å². The average Bonchev–Trinajstić information content (AvgIpc) is 3.16. The Morgan fingerprint density at radius 2 is 2.17 bits per heavy atom. The second-order valence-corrected chi connectivity index (χ2v) is 6.07. The first-order chi connectivity index (χ1) is 11.5. The zero-order chi connectivity index (χ0) is 17.3. The van der Waals surface area contributed by atoms with Crippen LogP contribution in [-0.2, 0) is 9.53 Å². The van der Waals surface area contributed by atoms with Gasteiger partial charge in [0.25, 0.3) is 0 Å². The number of fused-ring (bicyclic) bond motifs is 1. The molecular weight excluding hydrogens is 320 g/mol. The van der Waals surface area contributed by atoms with Crippen LogP contribution in [0.1, 0.15) is 12.8 Å². The third-order valence-electron chi connectivity index (χ3n) is 4.66. The van der Waals surface area contributed by atoms with Gasteiger partial charge in [0.2, 0.25) is 5.91 Å². The summed E-state index contributed by atoms with van der Waals surface area (Å²) in [4.78, 5) is 26.4. The number of nitrogens with zero attached hydrogens (tertiary/aromatic N) is 1. The van der Waals surface area contributed by atoms with Crippen LogP contribution in [0.4, 0.5) is 19.3 Å². The van der Waals surface area contributed by atoms with Gasteiger partial charge in [-0.15, -0.1) is 0 Å². The first-order valence-electron chi connectivity index (χ1n) is 7.80. The molecule has 1 saturated heterocycles.